The zero-order chi connectivity index (χ0) is 13.3. The van der Waals surface area contributed by atoms with Crippen molar-refractivity contribution in [1.82, 2.24) is 0 Å². The van der Waals surface area contributed by atoms with Crippen LogP contribution in [0, 0.1) is 17.7 Å². The molecule has 2 nitrogen and oxygen atoms in total. The van der Waals surface area contributed by atoms with Crippen LogP contribution in [0.5, 0.6) is 0 Å². The van der Waals surface area contributed by atoms with Gasteiger partial charge in [-0.3, -0.25) is 0 Å². The predicted octanol–water partition coefficient (Wildman–Crippen LogP) is 2.81. The van der Waals surface area contributed by atoms with E-state index in [9.17, 15) is 4.39 Å². The van der Waals surface area contributed by atoms with Crippen LogP contribution in [0.2, 0.25) is 0 Å². The summed E-state index contributed by atoms with van der Waals surface area (Å²) in [5.74, 6) is 1.15. The second kappa shape index (κ2) is 5.27. The molecule has 0 amide bonds. The number of hydrogen-bond donors (Lipinski definition) is 1. The molecule has 1 aliphatic heterocycles. The van der Waals surface area contributed by atoms with Gasteiger partial charge in [-0.2, -0.15) is 0 Å². The molecule has 3 heteroatoms. The monoisotopic (exact) mass is 250 g/mol. The van der Waals surface area contributed by atoms with Gasteiger partial charge in [-0.15, -0.1) is 0 Å². The Kier molecular flexibility index (Phi) is 3.91. The van der Waals surface area contributed by atoms with Gasteiger partial charge in [0.2, 0.25) is 0 Å². The van der Waals surface area contributed by atoms with Crippen molar-refractivity contribution in [2.24, 2.45) is 17.6 Å². The first kappa shape index (κ1) is 13.3. The van der Waals surface area contributed by atoms with E-state index in [0.717, 1.165) is 30.8 Å². The first-order valence-electron chi connectivity index (χ1n) is 6.76. The molecule has 0 bridgehead atoms. The molecular weight excluding hydrogens is 227 g/mol. The highest BCUT2D eigenvalue weighted by Gasteiger charge is 2.27. The maximum Gasteiger partial charge on any atom is 0.146 e. The molecule has 1 fully saturated rings. The van der Waals surface area contributed by atoms with Gasteiger partial charge in [0.1, 0.15) is 5.82 Å². The summed E-state index contributed by atoms with van der Waals surface area (Å²) in [6.45, 7) is 8.30. The molecule has 1 aromatic carbocycles. The molecule has 100 valence electrons. The lowest BCUT2D eigenvalue weighted by Gasteiger charge is -2.20. The number of anilines is 1. The van der Waals surface area contributed by atoms with Crippen molar-refractivity contribution < 1.29 is 4.39 Å². The Hall–Kier alpha value is -1.09. The first-order valence-corrected chi connectivity index (χ1v) is 6.76. The van der Waals surface area contributed by atoms with Crippen molar-refractivity contribution >= 4 is 5.69 Å². The minimum atomic E-state index is -0.116. The molecule has 2 N–H and O–H groups in total. The molecular formula is C15H23FN2. The van der Waals surface area contributed by atoms with Crippen molar-refractivity contribution in [2.45, 2.75) is 33.2 Å². The Morgan fingerprint density at radius 2 is 1.94 bits per heavy atom. The summed E-state index contributed by atoms with van der Waals surface area (Å²) in [4.78, 5) is 2.15. The number of rotatable bonds is 3. The van der Waals surface area contributed by atoms with Crippen molar-refractivity contribution in [3.05, 3.63) is 29.6 Å². The SMILES string of the molecule is CC(N)Cc1ccc(N2CC(C)C(C)C2)c(F)c1. The molecule has 0 radical (unpaired) electrons. The van der Waals surface area contributed by atoms with Crippen molar-refractivity contribution in [3.63, 3.8) is 0 Å². The van der Waals surface area contributed by atoms with Gasteiger partial charge in [0.05, 0.1) is 5.69 Å². The molecule has 2 rings (SSSR count). The molecule has 18 heavy (non-hydrogen) atoms. The van der Waals surface area contributed by atoms with E-state index in [1.807, 2.05) is 19.1 Å². The molecule has 0 aromatic heterocycles. The van der Waals surface area contributed by atoms with Crippen LogP contribution < -0.4 is 10.6 Å². The summed E-state index contributed by atoms with van der Waals surface area (Å²) < 4.78 is 14.1. The average molecular weight is 250 g/mol. The van der Waals surface area contributed by atoms with Gasteiger partial charge in [-0.25, -0.2) is 4.39 Å². The fourth-order valence-electron chi connectivity index (χ4n) is 2.63. The van der Waals surface area contributed by atoms with Gasteiger partial charge >= 0.3 is 0 Å². The van der Waals surface area contributed by atoms with Gasteiger partial charge in [-0.1, -0.05) is 19.9 Å². The third-order valence-electron chi connectivity index (χ3n) is 3.90. The molecule has 1 heterocycles. The molecule has 0 spiro atoms. The minimum absolute atomic E-state index is 0.0714. The van der Waals surface area contributed by atoms with Gasteiger partial charge in [0.25, 0.3) is 0 Å². The fraction of sp³-hybridized carbons (Fsp3) is 0.600. The summed E-state index contributed by atoms with van der Waals surface area (Å²) in [5, 5.41) is 0. The van der Waals surface area contributed by atoms with E-state index in [2.05, 4.69) is 18.7 Å². The summed E-state index contributed by atoms with van der Waals surface area (Å²) >= 11 is 0. The summed E-state index contributed by atoms with van der Waals surface area (Å²) in [6, 6.07) is 5.60. The van der Waals surface area contributed by atoms with E-state index in [1.54, 1.807) is 6.07 Å². The molecule has 1 aliphatic rings. The topological polar surface area (TPSA) is 29.3 Å². The Labute approximate surface area is 109 Å². The van der Waals surface area contributed by atoms with Crippen LogP contribution in [0.15, 0.2) is 18.2 Å². The van der Waals surface area contributed by atoms with Crippen LogP contribution in [0.1, 0.15) is 26.3 Å². The van der Waals surface area contributed by atoms with Crippen LogP contribution >= 0.6 is 0 Å². The van der Waals surface area contributed by atoms with Crippen LogP contribution in [-0.2, 0) is 6.42 Å². The van der Waals surface area contributed by atoms with Gasteiger partial charge < -0.3 is 10.6 Å². The highest BCUT2D eigenvalue weighted by Crippen LogP contribution is 2.30. The first-order chi connectivity index (χ1) is 8.47. The number of hydrogen-bond acceptors (Lipinski definition) is 2. The lowest BCUT2D eigenvalue weighted by molar-refractivity contribution is 0.494. The Balaban J connectivity index is 2.15. The number of nitrogens with two attached hydrogens (primary N) is 1. The van der Waals surface area contributed by atoms with Crippen LogP contribution in [0.25, 0.3) is 0 Å². The highest BCUT2D eigenvalue weighted by atomic mass is 19.1. The minimum Gasteiger partial charge on any atom is -0.369 e. The van der Waals surface area contributed by atoms with E-state index in [0.29, 0.717) is 11.8 Å². The van der Waals surface area contributed by atoms with Crippen molar-refractivity contribution in [2.75, 3.05) is 18.0 Å². The van der Waals surface area contributed by atoms with Crippen LogP contribution in [0.3, 0.4) is 0 Å². The zero-order valence-electron chi connectivity index (χ0n) is 11.5. The second-order valence-corrected chi connectivity index (χ2v) is 5.83. The van der Waals surface area contributed by atoms with Crippen molar-refractivity contribution in [1.29, 1.82) is 0 Å². The second-order valence-electron chi connectivity index (χ2n) is 5.83. The Bertz CT molecular complexity index is 407. The lowest BCUT2D eigenvalue weighted by atomic mass is 10.0. The molecule has 3 atom stereocenters. The number of nitrogens with zero attached hydrogens (tertiary/aromatic N) is 1. The molecule has 1 aromatic rings. The third-order valence-corrected chi connectivity index (χ3v) is 3.90. The lowest BCUT2D eigenvalue weighted by Crippen LogP contribution is -2.21. The van der Waals surface area contributed by atoms with E-state index in [4.69, 9.17) is 5.73 Å². The standard InChI is InChI=1S/C15H23FN2/c1-10-8-18(9-11(10)2)15-5-4-13(6-12(3)17)7-14(15)16/h4-5,7,10-12H,6,8-9,17H2,1-3H3. The van der Waals surface area contributed by atoms with E-state index >= 15 is 0 Å². The normalized spacial score (nSPS) is 25.5. The molecule has 0 aliphatic carbocycles. The van der Waals surface area contributed by atoms with E-state index in [1.165, 1.54) is 0 Å². The summed E-state index contributed by atoms with van der Waals surface area (Å²) in [5.41, 5.74) is 7.45. The Morgan fingerprint density at radius 3 is 2.44 bits per heavy atom. The van der Waals surface area contributed by atoms with Crippen LogP contribution in [-0.4, -0.2) is 19.1 Å². The third kappa shape index (κ3) is 2.83. The highest BCUT2D eigenvalue weighted by molar-refractivity contribution is 5.50. The van der Waals surface area contributed by atoms with E-state index < -0.39 is 0 Å². The summed E-state index contributed by atoms with van der Waals surface area (Å²) in [7, 11) is 0. The Morgan fingerprint density at radius 1 is 1.33 bits per heavy atom. The largest absolute Gasteiger partial charge is 0.369 e. The maximum atomic E-state index is 14.1. The number of halogens is 1. The van der Waals surface area contributed by atoms with Crippen LogP contribution in [0.4, 0.5) is 10.1 Å². The molecule has 0 saturated carbocycles. The van der Waals surface area contributed by atoms with Gasteiger partial charge in [-0.05, 0) is 42.9 Å². The quantitative estimate of drug-likeness (QED) is 0.894. The molecule has 3 unspecified atom stereocenters. The van der Waals surface area contributed by atoms with E-state index in [-0.39, 0.29) is 11.9 Å². The molecule has 1 saturated heterocycles. The zero-order valence-corrected chi connectivity index (χ0v) is 11.5. The maximum absolute atomic E-state index is 14.1. The fourth-order valence-corrected chi connectivity index (χ4v) is 2.63. The van der Waals surface area contributed by atoms with Gasteiger partial charge in [0.15, 0.2) is 0 Å². The smallest absolute Gasteiger partial charge is 0.146 e. The average Bonchev–Trinajstić information content (AvgIpc) is 2.58. The number of benzene rings is 1. The van der Waals surface area contributed by atoms with Crippen molar-refractivity contribution in [3.8, 4) is 0 Å². The predicted molar refractivity (Wildman–Crippen MR) is 74.3 cm³/mol. The van der Waals surface area contributed by atoms with Gasteiger partial charge in [0, 0.05) is 19.1 Å². The summed E-state index contributed by atoms with van der Waals surface area (Å²) in [6.07, 6.45) is 0.726.